The Morgan fingerprint density at radius 2 is 0.837 bits per heavy atom. The summed E-state index contributed by atoms with van der Waals surface area (Å²) in [5.41, 5.74) is 3.87. The van der Waals surface area contributed by atoms with Gasteiger partial charge in [0.2, 0.25) is 5.75 Å². The number of hydrogen-bond donors (Lipinski definition) is 0. The van der Waals surface area contributed by atoms with Crippen molar-refractivity contribution in [3.63, 3.8) is 0 Å². The molecule has 0 fully saturated rings. The smallest absolute Gasteiger partial charge is 0.311 e. The van der Waals surface area contributed by atoms with Crippen LogP contribution in [0.2, 0.25) is 0 Å². The van der Waals surface area contributed by atoms with Crippen LogP contribution in [-0.2, 0) is 16.2 Å². The number of nitro groups is 2. The Bertz CT molecular complexity index is 1460. The molecule has 0 unspecified atom stereocenters. The minimum atomic E-state index is -0.426. The Morgan fingerprint density at radius 1 is 0.469 bits per heavy atom. The maximum atomic E-state index is 11.1. The van der Waals surface area contributed by atoms with Crippen LogP contribution in [0, 0.1) is 20.2 Å². The molecule has 0 bridgehead atoms. The molecule has 0 atom stereocenters. The first-order valence-electron chi connectivity index (χ1n) is 17.2. The van der Waals surface area contributed by atoms with Gasteiger partial charge in [0.15, 0.2) is 0 Å². The number of hydrogen-bond acceptors (Lipinski definition) is 5. The Morgan fingerprint density at radius 3 is 1.18 bits per heavy atom. The molecule has 0 aliphatic rings. The van der Waals surface area contributed by atoms with Crippen molar-refractivity contribution in [3.8, 4) is 11.5 Å². The van der Waals surface area contributed by atoms with Gasteiger partial charge in [-0.25, -0.2) is 0 Å². The zero-order chi connectivity index (χ0) is 38.4. The van der Waals surface area contributed by atoms with Gasteiger partial charge in [0, 0.05) is 18.2 Å². The minimum Gasteiger partial charge on any atom is -0.450 e. The molecule has 0 radical (unpaired) electrons. The van der Waals surface area contributed by atoms with Crippen LogP contribution in [0.15, 0.2) is 103 Å². The molecule has 7 nitrogen and oxygen atoms in total. The van der Waals surface area contributed by atoms with Crippen LogP contribution in [0.25, 0.3) is 0 Å². The maximum Gasteiger partial charge on any atom is 0.311 e. The van der Waals surface area contributed by atoms with E-state index in [2.05, 4.69) is 92.6 Å². The van der Waals surface area contributed by atoms with Gasteiger partial charge in [-0.05, 0) is 51.1 Å². The molecule has 4 rings (SSSR count). The number of rotatable bonds is 4. The molecule has 0 spiro atoms. The third-order valence-corrected chi connectivity index (χ3v) is 6.58. The van der Waals surface area contributed by atoms with Gasteiger partial charge in [-0.3, -0.25) is 20.2 Å². The van der Waals surface area contributed by atoms with E-state index in [0.717, 1.165) is 11.1 Å². The van der Waals surface area contributed by atoms with Gasteiger partial charge in [0.05, 0.1) is 9.85 Å². The minimum absolute atomic E-state index is 0.0261. The van der Waals surface area contributed by atoms with Crippen molar-refractivity contribution in [1.82, 2.24) is 0 Å². The first-order valence-corrected chi connectivity index (χ1v) is 17.2. The lowest BCUT2D eigenvalue weighted by molar-refractivity contribution is -0.385. The Balaban J connectivity index is 0. The van der Waals surface area contributed by atoms with E-state index in [1.807, 2.05) is 59.7 Å². The lowest BCUT2D eigenvalue weighted by atomic mass is 9.87. The van der Waals surface area contributed by atoms with Crippen molar-refractivity contribution in [3.05, 3.63) is 140 Å². The summed E-state index contributed by atoms with van der Waals surface area (Å²) in [7, 11) is 0. The van der Waals surface area contributed by atoms with E-state index in [0.29, 0.717) is 11.2 Å². The molecule has 7 heteroatoms. The lowest BCUT2D eigenvalue weighted by Gasteiger charge is -2.19. The summed E-state index contributed by atoms with van der Waals surface area (Å²) in [6.45, 7) is 31.1. The number of non-ortho nitro benzene ring substituents is 1. The third kappa shape index (κ3) is 18.0. The zero-order valence-corrected chi connectivity index (χ0v) is 32.8. The topological polar surface area (TPSA) is 95.5 Å². The SMILES string of the molecule is CC.CC.CC.CC(C)(C)c1ccc([N+](=O)[O-])c(Oc2ccccc2)c1.CC(C)(C)c1ccc([N+](=O)[O-])cc1.CC(C)(C)c1ccccc1. The highest BCUT2D eigenvalue weighted by Crippen LogP contribution is 2.35. The van der Waals surface area contributed by atoms with Gasteiger partial charge in [-0.15, -0.1) is 0 Å². The summed E-state index contributed by atoms with van der Waals surface area (Å²) >= 11 is 0. The second kappa shape index (κ2) is 22.9. The molecule has 0 heterocycles. The van der Waals surface area contributed by atoms with Crippen LogP contribution in [0.5, 0.6) is 11.5 Å². The summed E-state index contributed by atoms with van der Waals surface area (Å²) in [6, 6.07) is 31.3. The van der Waals surface area contributed by atoms with Crippen LogP contribution in [0.4, 0.5) is 11.4 Å². The largest absolute Gasteiger partial charge is 0.450 e. The van der Waals surface area contributed by atoms with Crippen LogP contribution < -0.4 is 4.74 Å². The highest BCUT2D eigenvalue weighted by Gasteiger charge is 2.21. The predicted molar refractivity (Wildman–Crippen MR) is 209 cm³/mol. The molecule has 4 aromatic carbocycles. The molecule has 0 N–H and O–H groups in total. The van der Waals surface area contributed by atoms with Crippen molar-refractivity contribution < 1.29 is 14.6 Å². The number of nitrogens with zero attached hydrogens (tertiary/aromatic N) is 2. The van der Waals surface area contributed by atoms with Gasteiger partial charge < -0.3 is 4.74 Å². The quantitative estimate of drug-likeness (QED) is 0.158. The highest BCUT2D eigenvalue weighted by atomic mass is 16.6. The van der Waals surface area contributed by atoms with Gasteiger partial charge in [0.1, 0.15) is 5.75 Å². The Hall–Kier alpha value is -4.52. The van der Waals surface area contributed by atoms with Gasteiger partial charge >= 0.3 is 5.69 Å². The molecule has 0 saturated heterocycles. The van der Waals surface area contributed by atoms with Crippen molar-refractivity contribution >= 4 is 11.4 Å². The van der Waals surface area contributed by atoms with Crippen molar-refractivity contribution in [2.75, 3.05) is 0 Å². The van der Waals surface area contributed by atoms with Crippen molar-refractivity contribution in [1.29, 1.82) is 0 Å². The molecule has 0 amide bonds. The summed E-state index contributed by atoms with van der Waals surface area (Å²) in [6.07, 6.45) is 0. The summed E-state index contributed by atoms with van der Waals surface area (Å²) in [5, 5.41) is 21.5. The highest BCUT2D eigenvalue weighted by molar-refractivity contribution is 5.51. The fraction of sp³-hybridized carbons (Fsp3) is 0.429. The van der Waals surface area contributed by atoms with Gasteiger partial charge in [-0.1, -0.05) is 171 Å². The fourth-order valence-corrected chi connectivity index (χ4v) is 3.85. The van der Waals surface area contributed by atoms with Gasteiger partial charge in [-0.2, -0.15) is 0 Å². The second-order valence-corrected chi connectivity index (χ2v) is 13.3. The van der Waals surface area contributed by atoms with E-state index in [-0.39, 0.29) is 32.9 Å². The number of nitro benzene ring substituents is 2. The number of benzene rings is 4. The average Bonchev–Trinajstić information content (AvgIpc) is 3.08. The van der Waals surface area contributed by atoms with Crippen molar-refractivity contribution in [2.45, 2.75) is 120 Å². The molecule has 49 heavy (non-hydrogen) atoms. The molecule has 0 aliphatic carbocycles. The van der Waals surface area contributed by atoms with E-state index < -0.39 is 4.92 Å². The number of ether oxygens (including phenoxy) is 1. The normalized spacial score (nSPS) is 10.3. The monoisotopic (exact) mass is 674 g/mol. The van der Waals surface area contributed by atoms with Crippen LogP contribution in [-0.4, -0.2) is 9.85 Å². The molecule has 0 aromatic heterocycles. The Kier molecular flexibility index (Phi) is 21.8. The summed E-state index contributed by atoms with van der Waals surface area (Å²) < 4.78 is 5.66. The van der Waals surface area contributed by atoms with Crippen LogP contribution in [0.1, 0.15) is 121 Å². The first kappa shape index (κ1) is 46.6. The standard InChI is InChI=1S/C16H17NO3.C10H13NO2.C10H14.3C2H6/c1-16(2,3)12-9-10-14(17(18)19)15(11-12)20-13-7-5-4-6-8-13;1-10(2,3)8-4-6-9(7-5-8)11(12)13;1-10(2,3)9-7-5-4-6-8-9;3*1-2/h4-11H,1-3H3;4-7H,1-3H3;4-8H,1-3H3;3*1-2H3. The third-order valence-electron chi connectivity index (χ3n) is 6.58. The molecule has 4 aromatic rings. The van der Waals surface area contributed by atoms with E-state index in [9.17, 15) is 20.2 Å². The summed E-state index contributed by atoms with van der Waals surface area (Å²) in [5.74, 6) is 0.857. The zero-order valence-electron chi connectivity index (χ0n) is 32.8. The predicted octanol–water partition coefficient (Wildman–Crippen LogP) is 13.6. The molecule has 0 saturated carbocycles. The molecule has 270 valence electrons. The first-order chi connectivity index (χ1) is 22.9. The van der Waals surface area contributed by atoms with Crippen LogP contribution >= 0.6 is 0 Å². The van der Waals surface area contributed by atoms with E-state index in [4.69, 9.17) is 4.74 Å². The van der Waals surface area contributed by atoms with E-state index in [1.54, 1.807) is 48.5 Å². The summed E-state index contributed by atoms with van der Waals surface area (Å²) in [4.78, 5) is 20.7. The molecular formula is C42H62N2O5. The molecule has 0 aliphatic heterocycles. The Labute approximate surface area is 297 Å². The van der Waals surface area contributed by atoms with E-state index >= 15 is 0 Å². The van der Waals surface area contributed by atoms with Gasteiger partial charge in [0.25, 0.3) is 5.69 Å². The lowest BCUT2D eigenvalue weighted by Crippen LogP contribution is -2.11. The second-order valence-electron chi connectivity index (χ2n) is 13.3. The van der Waals surface area contributed by atoms with Crippen molar-refractivity contribution in [2.24, 2.45) is 0 Å². The average molecular weight is 675 g/mol. The fourth-order valence-electron chi connectivity index (χ4n) is 3.85. The van der Waals surface area contributed by atoms with Crippen LogP contribution in [0.3, 0.4) is 0 Å². The number of para-hydroxylation sites is 1. The molecular weight excluding hydrogens is 612 g/mol. The maximum absolute atomic E-state index is 11.1. The van der Waals surface area contributed by atoms with E-state index in [1.165, 1.54) is 11.6 Å².